The molecular formula is C19H16N2O4. The number of nitrogens with one attached hydrogen (secondary N) is 1. The lowest BCUT2D eigenvalue weighted by Crippen LogP contribution is -2.30. The lowest BCUT2D eigenvalue weighted by molar-refractivity contribution is -0.383. The Kier molecular flexibility index (Phi) is 4.61. The first-order chi connectivity index (χ1) is 12.1. The van der Waals surface area contributed by atoms with E-state index in [2.05, 4.69) is 5.32 Å². The highest BCUT2D eigenvalue weighted by Gasteiger charge is 2.19. The molecule has 0 unspecified atom stereocenters. The van der Waals surface area contributed by atoms with Crippen molar-refractivity contribution in [2.45, 2.75) is 13.0 Å². The van der Waals surface area contributed by atoms with Gasteiger partial charge in [-0.1, -0.05) is 36.4 Å². The van der Waals surface area contributed by atoms with E-state index in [0.717, 1.165) is 0 Å². The number of anilines is 1. The number of hydrogen-bond donors (Lipinski definition) is 1. The van der Waals surface area contributed by atoms with Gasteiger partial charge < -0.3 is 10.1 Å². The van der Waals surface area contributed by atoms with Crippen molar-refractivity contribution in [3.63, 3.8) is 0 Å². The van der Waals surface area contributed by atoms with Gasteiger partial charge in [0.15, 0.2) is 6.10 Å². The average Bonchev–Trinajstić information content (AvgIpc) is 2.62. The summed E-state index contributed by atoms with van der Waals surface area (Å²) in [4.78, 5) is 23.0. The maximum atomic E-state index is 12.3. The third-order valence-electron chi connectivity index (χ3n) is 3.77. The Morgan fingerprint density at radius 1 is 1.00 bits per heavy atom. The van der Waals surface area contributed by atoms with Crippen LogP contribution in [0, 0.1) is 10.1 Å². The Morgan fingerprint density at radius 3 is 2.32 bits per heavy atom. The monoisotopic (exact) mass is 336 g/mol. The Bertz CT molecular complexity index is 925. The standard InChI is InChI=1S/C19H16N2O4/c1-13(19(22)20-14-7-3-2-4-8-14)25-18-12-11-17(21(23)24)15-9-5-6-10-16(15)18/h2-13H,1H3,(H,20,22)/t13-/m1/s1. The molecule has 3 rings (SSSR count). The molecule has 0 aromatic heterocycles. The molecule has 1 atom stereocenters. The predicted octanol–water partition coefficient (Wildman–Crippen LogP) is 4.15. The molecule has 3 aromatic rings. The zero-order valence-corrected chi connectivity index (χ0v) is 13.5. The van der Waals surface area contributed by atoms with E-state index in [-0.39, 0.29) is 11.6 Å². The van der Waals surface area contributed by atoms with Gasteiger partial charge >= 0.3 is 0 Å². The first-order valence-corrected chi connectivity index (χ1v) is 7.75. The van der Waals surface area contributed by atoms with Crippen molar-refractivity contribution in [1.82, 2.24) is 0 Å². The fraction of sp³-hybridized carbons (Fsp3) is 0.105. The second-order valence-corrected chi connectivity index (χ2v) is 5.50. The maximum absolute atomic E-state index is 12.3. The summed E-state index contributed by atoms with van der Waals surface area (Å²) in [5.41, 5.74) is 0.681. The van der Waals surface area contributed by atoms with Crippen molar-refractivity contribution < 1.29 is 14.5 Å². The van der Waals surface area contributed by atoms with Crippen LogP contribution in [0.3, 0.4) is 0 Å². The van der Waals surface area contributed by atoms with Gasteiger partial charge in [0, 0.05) is 17.1 Å². The largest absolute Gasteiger partial charge is 0.480 e. The molecule has 0 bridgehead atoms. The summed E-state index contributed by atoms with van der Waals surface area (Å²) in [6, 6.07) is 18.9. The van der Waals surface area contributed by atoms with Gasteiger partial charge in [-0.05, 0) is 31.2 Å². The predicted molar refractivity (Wildman–Crippen MR) is 95.8 cm³/mol. The molecule has 6 heteroatoms. The molecule has 3 aromatic carbocycles. The number of fused-ring (bicyclic) bond motifs is 1. The first-order valence-electron chi connectivity index (χ1n) is 7.75. The highest BCUT2D eigenvalue weighted by molar-refractivity contribution is 5.97. The van der Waals surface area contributed by atoms with Crippen LogP contribution in [-0.4, -0.2) is 16.9 Å². The van der Waals surface area contributed by atoms with Crippen molar-refractivity contribution in [3.8, 4) is 5.75 Å². The second-order valence-electron chi connectivity index (χ2n) is 5.50. The summed E-state index contributed by atoms with van der Waals surface area (Å²) in [6.45, 7) is 1.63. The molecule has 0 spiro atoms. The number of para-hydroxylation sites is 1. The molecule has 126 valence electrons. The Hall–Kier alpha value is -3.41. The minimum absolute atomic E-state index is 0.00402. The number of nitrogens with zero attached hydrogens (tertiary/aromatic N) is 1. The van der Waals surface area contributed by atoms with Crippen LogP contribution in [0.15, 0.2) is 66.7 Å². The molecule has 0 aliphatic heterocycles. The smallest absolute Gasteiger partial charge is 0.277 e. The number of nitro groups is 1. The van der Waals surface area contributed by atoms with E-state index in [1.165, 1.54) is 12.1 Å². The average molecular weight is 336 g/mol. The molecule has 1 amide bonds. The highest BCUT2D eigenvalue weighted by atomic mass is 16.6. The number of benzene rings is 3. The van der Waals surface area contributed by atoms with E-state index in [1.54, 1.807) is 43.3 Å². The Morgan fingerprint density at radius 2 is 1.64 bits per heavy atom. The normalized spacial score (nSPS) is 11.7. The number of nitro benzene ring substituents is 1. The number of non-ortho nitro benzene ring substituents is 1. The van der Waals surface area contributed by atoms with Crippen LogP contribution < -0.4 is 10.1 Å². The van der Waals surface area contributed by atoms with E-state index in [9.17, 15) is 14.9 Å². The van der Waals surface area contributed by atoms with Crippen LogP contribution >= 0.6 is 0 Å². The van der Waals surface area contributed by atoms with E-state index >= 15 is 0 Å². The zero-order chi connectivity index (χ0) is 17.8. The number of ether oxygens (including phenoxy) is 1. The molecule has 0 radical (unpaired) electrons. The summed E-state index contributed by atoms with van der Waals surface area (Å²) < 4.78 is 5.76. The summed E-state index contributed by atoms with van der Waals surface area (Å²) in [7, 11) is 0. The molecule has 0 fully saturated rings. The van der Waals surface area contributed by atoms with Crippen LogP contribution in [-0.2, 0) is 4.79 Å². The molecule has 0 saturated heterocycles. The molecule has 25 heavy (non-hydrogen) atoms. The molecule has 0 heterocycles. The van der Waals surface area contributed by atoms with Gasteiger partial charge in [0.2, 0.25) is 0 Å². The van der Waals surface area contributed by atoms with Crippen molar-refractivity contribution in [2.75, 3.05) is 5.32 Å². The van der Waals surface area contributed by atoms with Gasteiger partial charge in [-0.2, -0.15) is 0 Å². The SMILES string of the molecule is C[C@@H](Oc1ccc([N+](=O)[O-])c2ccccc12)C(=O)Nc1ccccc1. The molecular weight excluding hydrogens is 320 g/mol. The first kappa shape index (κ1) is 16.4. The van der Waals surface area contributed by atoms with Gasteiger partial charge in [0.1, 0.15) is 5.75 Å². The molecule has 0 saturated carbocycles. The van der Waals surface area contributed by atoms with Gasteiger partial charge in [-0.3, -0.25) is 14.9 Å². The number of hydrogen-bond acceptors (Lipinski definition) is 4. The fourth-order valence-corrected chi connectivity index (χ4v) is 2.53. The van der Waals surface area contributed by atoms with Crippen LogP contribution in [0.1, 0.15) is 6.92 Å². The van der Waals surface area contributed by atoms with Crippen molar-refractivity contribution in [3.05, 3.63) is 76.8 Å². The van der Waals surface area contributed by atoms with Gasteiger partial charge in [-0.25, -0.2) is 0 Å². The minimum Gasteiger partial charge on any atom is -0.480 e. The van der Waals surface area contributed by atoms with E-state index < -0.39 is 11.0 Å². The summed E-state index contributed by atoms with van der Waals surface area (Å²) in [5, 5.41) is 15.0. The number of carbonyl (C=O) groups is 1. The van der Waals surface area contributed by atoms with Crippen LogP contribution in [0.25, 0.3) is 10.8 Å². The molecule has 0 aliphatic rings. The van der Waals surface area contributed by atoms with E-state index in [0.29, 0.717) is 22.2 Å². The van der Waals surface area contributed by atoms with Crippen molar-refractivity contribution >= 4 is 28.1 Å². The number of carbonyl (C=O) groups excluding carboxylic acids is 1. The Balaban J connectivity index is 1.84. The van der Waals surface area contributed by atoms with Crippen LogP contribution in [0.2, 0.25) is 0 Å². The topological polar surface area (TPSA) is 81.5 Å². The van der Waals surface area contributed by atoms with Crippen molar-refractivity contribution in [1.29, 1.82) is 0 Å². The van der Waals surface area contributed by atoms with E-state index in [1.807, 2.05) is 18.2 Å². The van der Waals surface area contributed by atoms with E-state index in [4.69, 9.17) is 4.74 Å². The van der Waals surface area contributed by atoms with Gasteiger partial charge in [-0.15, -0.1) is 0 Å². The third-order valence-corrected chi connectivity index (χ3v) is 3.77. The lowest BCUT2D eigenvalue weighted by atomic mass is 10.1. The third kappa shape index (κ3) is 3.58. The molecule has 1 N–H and O–H groups in total. The molecule has 6 nitrogen and oxygen atoms in total. The zero-order valence-electron chi connectivity index (χ0n) is 13.5. The van der Waals surface area contributed by atoms with Crippen LogP contribution in [0.5, 0.6) is 5.75 Å². The maximum Gasteiger partial charge on any atom is 0.277 e. The van der Waals surface area contributed by atoms with Gasteiger partial charge in [0.05, 0.1) is 10.3 Å². The second kappa shape index (κ2) is 7.00. The summed E-state index contributed by atoms with van der Waals surface area (Å²) >= 11 is 0. The molecule has 0 aliphatic carbocycles. The lowest BCUT2D eigenvalue weighted by Gasteiger charge is -2.16. The van der Waals surface area contributed by atoms with Crippen molar-refractivity contribution in [2.24, 2.45) is 0 Å². The fourth-order valence-electron chi connectivity index (χ4n) is 2.53. The summed E-state index contributed by atoms with van der Waals surface area (Å²) in [6.07, 6.45) is -0.759. The summed E-state index contributed by atoms with van der Waals surface area (Å²) in [5.74, 6) is 0.130. The van der Waals surface area contributed by atoms with Crippen LogP contribution in [0.4, 0.5) is 11.4 Å². The number of rotatable bonds is 5. The quantitative estimate of drug-likeness (QED) is 0.560. The Labute approximate surface area is 144 Å². The van der Waals surface area contributed by atoms with Gasteiger partial charge in [0.25, 0.3) is 11.6 Å². The number of amides is 1. The highest BCUT2D eigenvalue weighted by Crippen LogP contribution is 2.33. The minimum atomic E-state index is -0.759.